The van der Waals surface area contributed by atoms with Crippen molar-refractivity contribution in [2.45, 2.75) is 0 Å². The first-order chi connectivity index (χ1) is 13.6. The molecule has 2 aromatic carbocycles. The first-order valence-electron chi connectivity index (χ1n) is 8.41. The van der Waals surface area contributed by atoms with Crippen molar-refractivity contribution in [3.8, 4) is 28.4 Å². The van der Waals surface area contributed by atoms with E-state index in [1.807, 2.05) is 0 Å². The lowest BCUT2D eigenvalue weighted by Crippen LogP contribution is -2.02. The van der Waals surface area contributed by atoms with Crippen LogP contribution in [-0.4, -0.2) is 34.3 Å². The summed E-state index contributed by atoms with van der Waals surface area (Å²) in [5.41, 5.74) is 1.82. The fourth-order valence-electron chi connectivity index (χ4n) is 2.96. The van der Waals surface area contributed by atoms with Gasteiger partial charge in [-0.2, -0.15) is 5.10 Å². The first kappa shape index (κ1) is 17.7. The molecule has 0 aliphatic heterocycles. The highest BCUT2D eigenvalue weighted by atomic mass is 19.1. The molecule has 28 heavy (non-hydrogen) atoms. The van der Waals surface area contributed by atoms with Crippen LogP contribution in [0.2, 0.25) is 0 Å². The number of aromatic nitrogens is 4. The molecule has 140 valence electrons. The van der Waals surface area contributed by atoms with Gasteiger partial charge in [0.25, 0.3) is 0 Å². The molecule has 6 nitrogen and oxygen atoms in total. The molecule has 0 fully saturated rings. The molecule has 4 rings (SSSR count). The first-order valence-corrected chi connectivity index (χ1v) is 8.41. The highest BCUT2D eigenvalue weighted by Gasteiger charge is 2.17. The lowest BCUT2D eigenvalue weighted by molar-refractivity contribution is 0.419. The summed E-state index contributed by atoms with van der Waals surface area (Å²) in [5.74, 6) is 0.0314. The number of halogens is 2. The molecular formula is C20H15F2N5O. The third-order valence-electron chi connectivity index (χ3n) is 4.27. The summed E-state index contributed by atoms with van der Waals surface area (Å²) in [6.07, 6.45) is 1.56. The molecular weight excluding hydrogens is 364 g/mol. The maximum atomic E-state index is 14.3. The number of nitrogens with zero attached hydrogens (tertiary/aromatic N) is 4. The maximum absolute atomic E-state index is 14.3. The molecule has 0 radical (unpaired) electrons. The van der Waals surface area contributed by atoms with Gasteiger partial charge in [0.2, 0.25) is 0 Å². The molecule has 4 aromatic rings. The van der Waals surface area contributed by atoms with Gasteiger partial charge in [-0.05, 0) is 42.0 Å². The van der Waals surface area contributed by atoms with Crippen LogP contribution in [0.1, 0.15) is 0 Å². The molecule has 0 saturated carbocycles. The second kappa shape index (κ2) is 7.15. The predicted octanol–water partition coefficient (Wildman–Crippen LogP) is 4.08. The van der Waals surface area contributed by atoms with E-state index in [1.165, 1.54) is 19.2 Å². The van der Waals surface area contributed by atoms with E-state index >= 15 is 0 Å². The lowest BCUT2D eigenvalue weighted by atomic mass is 10.0. The van der Waals surface area contributed by atoms with Crippen LogP contribution in [0.4, 0.5) is 14.6 Å². The molecule has 2 aromatic heterocycles. The zero-order valence-corrected chi connectivity index (χ0v) is 15.1. The lowest BCUT2D eigenvalue weighted by Gasteiger charge is -2.13. The molecule has 0 atom stereocenters. The largest absolute Gasteiger partial charge is 0.494 e. The van der Waals surface area contributed by atoms with Crippen molar-refractivity contribution >= 4 is 16.7 Å². The quantitative estimate of drug-likeness (QED) is 0.576. The van der Waals surface area contributed by atoms with Gasteiger partial charge in [-0.1, -0.05) is 0 Å². The fraction of sp³-hybridized carbons (Fsp3) is 0.100. The van der Waals surface area contributed by atoms with Crippen LogP contribution in [-0.2, 0) is 0 Å². The van der Waals surface area contributed by atoms with Crippen LogP contribution in [0.3, 0.4) is 0 Å². The molecule has 1 N–H and O–H groups in total. The van der Waals surface area contributed by atoms with Crippen LogP contribution < -0.4 is 10.1 Å². The Hall–Kier alpha value is -3.68. The van der Waals surface area contributed by atoms with Crippen molar-refractivity contribution in [3.05, 3.63) is 60.3 Å². The van der Waals surface area contributed by atoms with Gasteiger partial charge in [0, 0.05) is 30.3 Å². The molecule has 0 amide bonds. The Morgan fingerprint density at radius 3 is 2.57 bits per heavy atom. The summed E-state index contributed by atoms with van der Waals surface area (Å²) in [7, 11) is 3.22. The summed E-state index contributed by atoms with van der Waals surface area (Å²) in [4.78, 5) is 9.07. The van der Waals surface area contributed by atoms with Gasteiger partial charge in [-0.15, -0.1) is 5.10 Å². The monoisotopic (exact) mass is 379 g/mol. The van der Waals surface area contributed by atoms with Crippen LogP contribution in [0.5, 0.6) is 5.75 Å². The van der Waals surface area contributed by atoms with Crippen LogP contribution in [0.15, 0.2) is 48.7 Å². The smallest absolute Gasteiger partial charge is 0.182 e. The Bertz CT molecular complexity index is 1170. The van der Waals surface area contributed by atoms with E-state index < -0.39 is 11.6 Å². The molecule has 0 aliphatic carbocycles. The Kier molecular flexibility index (Phi) is 4.52. The van der Waals surface area contributed by atoms with E-state index in [-0.39, 0.29) is 5.56 Å². The van der Waals surface area contributed by atoms with Crippen molar-refractivity contribution in [1.82, 2.24) is 20.2 Å². The van der Waals surface area contributed by atoms with Gasteiger partial charge >= 0.3 is 0 Å². The summed E-state index contributed by atoms with van der Waals surface area (Å²) in [6.45, 7) is 0. The Balaban J connectivity index is 1.98. The van der Waals surface area contributed by atoms with E-state index in [0.29, 0.717) is 39.6 Å². The van der Waals surface area contributed by atoms with E-state index in [0.717, 1.165) is 6.07 Å². The molecule has 0 unspecified atom stereocenters. The van der Waals surface area contributed by atoms with Crippen molar-refractivity contribution in [1.29, 1.82) is 0 Å². The summed E-state index contributed by atoms with van der Waals surface area (Å²) in [6, 6.07) is 10.3. The van der Waals surface area contributed by atoms with Gasteiger partial charge in [0.1, 0.15) is 34.4 Å². The van der Waals surface area contributed by atoms with Crippen LogP contribution in [0, 0.1) is 11.6 Å². The number of hydrogen-bond acceptors (Lipinski definition) is 6. The summed E-state index contributed by atoms with van der Waals surface area (Å²) < 4.78 is 33.1. The number of nitrogens with one attached hydrogen (secondary N) is 1. The highest BCUT2D eigenvalue weighted by Crippen LogP contribution is 2.36. The van der Waals surface area contributed by atoms with Crippen molar-refractivity contribution < 1.29 is 13.5 Å². The summed E-state index contributed by atoms with van der Waals surface area (Å²) in [5, 5.41) is 11.6. The molecule has 2 heterocycles. The van der Waals surface area contributed by atoms with Gasteiger partial charge < -0.3 is 10.1 Å². The van der Waals surface area contributed by atoms with Gasteiger partial charge in [-0.3, -0.25) is 0 Å². The Labute approximate surface area is 159 Å². The minimum Gasteiger partial charge on any atom is -0.494 e. The minimum atomic E-state index is -0.662. The average Bonchev–Trinajstić information content (AvgIpc) is 2.72. The highest BCUT2D eigenvalue weighted by molar-refractivity contribution is 5.97. The fourth-order valence-corrected chi connectivity index (χ4v) is 2.96. The van der Waals surface area contributed by atoms with Crippen LogP contribution in [0.25, 0.3) is 33.5 Å². The third-order valence-corrected chi connectivity index (χ3v) is 4.27. The second-order valence-electron chi connectivity index (χ2n) is 5.95. The van der Waals surface area contributed by atoms with Gasteiger partial charge in [-0.25, -0.2) is 18.7 Å². The van der Waals surface area contributed by atoms with Gasteiger partial charge in [0.15, 0.2) is 5.82 Å². The standard InChI is InChI=1S/C20H15F2N5O/c1-23-19-14-8-11(13-6-5-12(21)10-15(13)22)9-17(28-2)18(14)25-20(26-19)16-4-3-7-24-27-16/h3-10H,1-2H3,(H,23,25,26). The Morgan fingerprint density at radius 2 is 1.89 bits per heavy atom. The number of rotatable bonds is 4. The predicted molar refractivity (Wildman–Crippen MR) is 102 cm³/mol. The summed E-state index contributed by atoms with van der Waals surface area (Å²) >= 11 is 0. The van der Waals surface area contributed by atoms with Crippen molar-refractivity contribution in [2.24, 2.45) is 0 Å². The SMILES string of the molecule is CNc1nc(-c2cccnn2)nc2c(OC)cc(-c3ccc(F)cc3F)cc12. The van der Waals surface area contributed by atoms with E-state index in [1.54, 1.807) is 37.5 Å². The number of fused-ring (bicyclic) bond motifs is 1. The Morgan fingerprint density at radius 1 is 1.04 bits per heavy atom. The normalized spacial score (nSPS) is 10.9. The molecule has 0 aliphatic rings. The van der Waals surface area contributed by atoms with Crippen LogP contribution >= 0.6 is 0 Å². The minimum absolute atomic E-state index is 0.252. The number of ether oxygens (including phenoxy) is 1. The topological polar surface area (TPSA) is 72.8 Å². The maximum Gasteiger partial charge on any atom is 0.182 e. The average molecular weight is 379 g/mol. The van der Waals surface area contributed by atoms with E-state index in [2.05, 4.69) is 25.5 Å². The molecule has 8 heteroatoms. The number of benzene rings is 2. The third kappa shape index (κ3) is 3.09. The molecule has 0 bridgehead atoms. The van der Waals surface area contributed by atoms with Crippen molar-refractivity contribution in [3.63, 3.8) is 0 Å². The zero-order chi connectivity index (χ0) is 19.7. The molecule has 0 saturated heterocycles. The number of hydrogen-bond donors (Lipinski definition) is 1. The van der Waals surface area contributed by atoms with E-state index in [4.69, 9.17) is 4.74 Å². The second-order valence-corrected chi connectivity index (χ2v) is 5.95. The number of anilines is 1. The number of methoxy groups -OCH3 is 1. The molecule has 0 spiro atoms. The van der Waals surface area contributed by atoms with Crippen molar-refractivity contribution in [2.75, 3.05) is 19.5 Å². The van der Waals surface area contributed by atoms with Gasteiger partial charge in [0.05, 0.1) is 7.11 Å². The zero-order valence-electron chi connectivity index (χ0n) is 15.1. The van der Waals surface area contributed by atoms with E-state index in [9.17, 15) is 8.78 Å².